The lowest BCUT2D eigenvalue weighted by Crippen LogP contribution is -2.38. The summed E-state index contributed by atoms with van der Waals surface area (Å²) in [6.45, 7) is 3.53. The molecule has 8 nitrogen and oxygen atoms in total. The van der Waals surface area contributed by atoms with Gasteiger partial charge in [0.15, 0.2) is 5.17 Å². The minimum Gasteiger partial charge on any atom is -0.497 e. The summed E-state index contributed by atoms with van der Waals surface area (Å²) in [7, 11) is 3.19. The van der Waals surface area contributed by atoms with E-state index in [1.807, 2.05) is 64.6 Å². The van der Waals surface area contributed by atoms with Crippen LogP contribution in [0.4, 0.5) is 0 Å². The number of hydrogen-bond donors (Lipinski definition) is 0. The molecule has 0 aromatic heterocycles. The molecule has 1 amide bonds. The maximum atomic E-state index is 13.7. The number of likely N-dealkylation sites (tertiary alicyclic amines) is 1. The molecule has 9 heteroatoms. The molecule has 1 atom stereocenters. The summed E-state index contributed by atoms with van der Waals surface area (Å²) < 4.78 is 17.0. The molecule has 0 N–H and O–H groups in total. The van der Waals surface area contributed by atoms with Crippen LogP contribution in [0.1, 0.15) is 43.4 Å². The molecule has 5 rings (SSSR count). The summed E-state index contributed by atoms with van der Waals surface area (Å²) in [6, 6.07) is 14.5. The number of nitrogens with zero attached hydrogens (tertiary/aromatic N) is 3. The molecule has 0 saturated carbocycles. The average molecular weight is 534 g/mol. The van der Waals surface area contributed by atoms with Crippen molar-refractivity contribution in [3.63, 3.8) is 0 Å². The molecule has 38 heavy (non-hydrogen) atoms. The van der Waals surface area contributed by atoms with Crippen LogP contribution in [0, 0.1) is 0 Å². The van der Waals surface area contributed by atoms with E-state index in [4.69, 9.17) is 19.2 Å². The fraction of sp³-hybridized carbons (Fsp3) is 0.345. The molecule has 0 radical (unpaired) electrons. The van der Waals surface area contributed by atoms with Gasteiger partial charge in [0.1, 0.15) is 18.1 Å². The van der Waals surface area contributed by atoms with Crippen LogP contribution in [0.5, 0.6) is 11.5 Å². The quantitative estimate of drug-likeness (QED) is 0.440. The first-order chi connectivity index (χ1) is 18.5. The van der Waals surface area contributed by atoms with E-state index in [9.17, 15) is 9.59 Å². The Hall–Kier alpha value is -3.72. The largest absolute Gasteiger partial charge is 0.497 e. The van der Waals surface area contributed by atoms with E-state index < -0.39 is 12.0 Å². The number of carbonyl (C=O) groups excluding carboxylic acids is 2. The number of methoxy groups -OCH3 is 2. The molecule has 0 bridgehead atoms. The second kappa shape index (κ2) is 11.3. The molecule has 3 heterocycles. The third-order valence-corrected chi connectivity index (χ3v) is 7.85. The summed E-state index contributed by atoms with van der Waals surface area (Å²) in [5, 5.41) is 2.68. The van der Waals surface area contributed by atoms with E-state index in [0.717, 1.165) is 42.8 Å². The number of thioether (sulfide) groups is 1. The van der Waals surface area contributed by atoms with E-state index in [1.54, 1.807) is 20.3 Å². The summed E-state index contributed by atoms with van der Waals surface area (Å²) in [5.41, 5.74) is 3.44. The van der Waals surface area contributed by atoms with Crippen molar-refractivity contribution in [3.05, 3.63) is 82.0 Å². The number of fused-ring (bicyclic) bond motifs is 1. The number of carbonyl (C=O) groups is 2. The van der Waals surface area contributed by atoms with E-state index >= 15 is 0 Å². The zero-order chi connectivity index (χ0) is 26.6. The first kappa shape index (κ1) is 25.9. The summed E-state index contributed by atoms with van der Waals surface area (Å²) in [6.07, 6.45) is 2.29. The molecule has 3 aliphatic heterocycles. The number of aliphatic imine (C=N–C) groups is 1. The van der Waals surface area contributed by atoms with Crippen LogP contribution in [0.3, 0.4) is 0 Å². The van der Waals surface area contributed by atoms with Crippen molar-refractivity contribution in [2.24, 2.45) is 4.99 Å². The van der Waals surface area contributed by atoms with Gasteiger partial charge in [-0.15, -0.1) is 0 Å². The SMILES string of the molecule is COc1ccc([C@H]2C(C(=O)OCc3ccccc3)=C(C)N=C3SC=C(CC(=O)N4CCCC4)N32)c(OC)c1. The highest BCUT2D eigenvalue weighted by atomic mass is 32.2. The smallest absolute Gasteiger partial charge is 0.338 e. The molecule has 1 saturated heterocycles. The number of ether oxygens (including phenoxy) is 3. The van der Waals surface area contributed by atoms with Gasteiger partial charge in [0.05, 0.1) is 38.0 Å². The Labute approximate surface area is 226 Å². The van der Waals surface area contributed by atoms with Gasteiger partial charge in [0.25, 0.3) is 0 Å². The minimum atomic E-state index is -0.584. The number of benzene rings is 2. The van der Waals surface area contributed by atoms with Crippen molar-refractivity contribution < 1.29 is 23.8 Å². The lowest BCUT2D eigenvalue weighted by Gasteiger charge is -2.37. The highest BCUT2D eigenvalue weighted by Gasteiger charge is 2.42. The highest BCUT2D eigenvalue weighted by Crippen LogP contribution is 2.47. The van der Waals surface area contributed by atoms with Crippen LogP contribution < -0.4 is 9.47 Å². The van der Waals surface area contributed by atoms with E-state index in [1.165, 1.54) is 11.8 Å². The Kier molecular flexibility index (Phi) is 7.74. The van der Waals surface area contributed by atoms with Gasteiger partial charge in [-0.25, -0.2) is 9.79 Å². The average Bonchev–Trinajstić information content (AvgIpc) is 3.62. The van der Waals surface area contributed by atoms with Crippen molar-refractivity contribution in [2.75, 3.05) is 27.3 Å². The van der Waals surface area contributed by atoms with Crippen LogP contribution in [0.15, 0.2) is 75.9 Å². The summed E-state index contributed by atoms with van der Waals surface area (Å²) >= 11 is 1.46. The number of hydrogen-bond acceptors (Lipinski definition) is 8. The molecule has 198 valence electrons. The van der Waals surface area contributed by atoms with Gasteiger partial charge in [-0.05, 0) is 42.9 Å². The molecule has 0 spiro atoms. The number of amidine groups is 1. The van der Waals surface area contributed by atoms with Crippen LogP contribution in [0.25, 0.3) is 0 Å². The molecular formula is C29H31N3O5S. The molecule has 0 unspecified atom stereocenters. The molecule has 2 aromatic rings. The van der Waals surface area contributed by atoms with Gasteiger partial charge < -0.3 is 24.0 Å². The lowest BCUT2D eigenvalue weighted by molar-refractivity contribution is -0.141. The number of esters is 1. The third-order valence-electron chi connectivity index (χ3n) is 6.96. The monoisotopic (exact) mass is 533 g/mol. The van der Waals surface area contributed by atoms with Crippen LogP contribution in [-0.4, -0.2) is 54.2 Å². The van der Waals surface area contributed by atoms with Crippen molar-refractivity contribution >= 4 is 28.8 Å². The number of rotatable bonds is 8. The Morgan fingerprint density at radius 2 is 1.82 bits per heavy atom. The fourth-order valence-electron chi connectivity index (χ4n) is 5.00. The lowest BCUT2D eigenvalue weighted by atomic mass is 9.93. The van der Waals surface area contributed by atoms with Gasteiger partial charge in [-0.2, -0.15) is 0 Å². The normalized spacial score (nSPS) is 18.7. The van der Waals surface area contributed by atoms with Crippen molar-refractivity contribution in [2.45, 2.75) is 38.8 Å². The first-order valence-corrected chi connectivity index (χ1v) is 13.5. The van der Waals surface area contributed by atoms with Crippen molar-refractivity contribution in [3.8, 4) is 11.5 Å². The first-order valence-electron chi connectivity index (χ1n) is 12.6. The van der Waals surface area contributed by atoms with Gasteiger partial charge in [-0.3, -0.25) is 4.79 Å². The standard InChI is InChI=1S/C29H31N3O5S/c1-19-26(28(34)37-17-20-9-5-4-6-10-20)27(23-12-11-22(35-2)16-24(23)36-3)32-21(18-38-29(32)30-19)15-25(33)31-13-7-8-14-31/h4-6,9-12,16,18,27H,7-8,13-15,17H2,1-3H3/t27-/m0/s1. The van der Waals surface area contributed by atoms with Crippen molar-refractivity contribution in [1.82, 2.24) is 9.80 Å². The predicted molar refractivity (Wildman–Crippen MR) is 147 cm³/mol. The van der Waals surface area contributed by atoms with Crippen molar-refractivity contribution in [1.29, 1.82) is 0 Å². The van der Waals surface area contributed by atoms with E-state index in [2.05, 4.69) is 0 Å². The van der Waals surface area contributed by atoms with Crippen LogP contribution in [-0.2, 0) is 20.9 Å². The highest BCUT2D eigenvalue weighted by molar-refractivity contribution is 8.16. The van der Waals surface area contributed by atoms with Crippen LogP contribution >= 0.6 is 11.8 Å². The molecule has 1 fully saturated rings. The van der Waals surface area contributed by atoms with Gasteiger partial charge >= 0.3 is 5.97 Å². The zero-order valence-electron chi connectivity index (χ0n) is 21.8. The van der Waals surface area contributed by atoms with E-state index in [-0.39, 0.29) is 18.9 Å². The molecule has 2 aromatic carbocycles. The molecule has 0 aliphatic carbocycles. The predicted octanol–water partition coefficient (Wildman–Crippen LogP) is 5.03. The maximum absolute atomic E-state index is 13.7. The van der Waals surface area contributed by atoms with Gasteiger partial charge in [0, 0.05) is 30.4 Å². The van der Waals surface area contributed by atoms with Gasteiger partial charge in [0.2, 0.25) is 5.91 Å². The summed E-state index contributed by atoms with van der Waals surface area (Å²) in [5.74, 6) is 0.827. The second-order valence-corrected chi connectivity index (χ2v) is 10.2. The Balaban J connectivity index is 1.52. The Bertz CT molecular complexity index is 1310. The van der Waals surface area contributed by atoms with Crippen LogP contribution in [0.2, 0.25) is 0 Å². The topological polar surface area (TPSA) is 80.7 Å². The van der Waals surface area contributed by atoms with E-state index in [0.29, 0.717) is 27.9 Å². The molecule has 3 aliphatic rings. The number of allylic oxidation sites excluding steroid dienone is 1. The zero-order valence-corrected chi connectivity index (χ0v) is 22.6. The third kappa shape index (κ3) is 5.15. The second-order valence-electron chi connectivity index (χ2n) is 9.33. The fourth-order valence-corrected chi connectivity index (χ4v) is 5.97. The maximum Gasteiger partial charge on any atom is 0.338 e. The molecular weight excluding hydrogens is 502 g/mol. The summed E-state index contributed by atoms with van der Waals surface area (Å²) in [4.78, 5) is 35.5. The number of amides is 1. The Morgan fingerprint density at radius 1 is 1.05 bits per heavy atom. The minimum absolute atomic E-state index is 0.0792. The Morgan fingerprint density at radius 3 is 2.53 bits per heavy atom. The van der Waals surface area contributed by atoms with Gasteiger partial charge in [-0.1, -0.05) is 42.1 Å².